The largest absolute Gasteiger partial charge is 0.506 e. The first-order chi connectivity index (χ1) is 16.6. The number of aryl methyl sites for hydroxylation is 1. The molecule has 5 rings (SSSR count). The average Bonchev–Trinajstić information content (AvgIpc) is 3.25. The summed E-state index contributed by atoms with van der Waals surface area (Å²) in [6.45, 7) is 2.09. The Bertz CT molecular complexity index is 1450. The summed E-state index contributed by atoms with van der Waals surface area (Å²) in [5.74, 6) is 0.0863. The minimum atomic E-state index is 0.0863. The number of hydrogen-bond acceptors (Lipinski definition) is 2. The summed E-state index contributed by atoms with van der Waals surface area (Å²) in [6.07, 6.45) is 1.80. The first kappa shape index (κ1) is 21.7. The van der Waals surface area contributed by atoms with E-state index in [9.17, 15) is 5.11 Å². The molecule has 1 N–H and O–H groups in total. The number of benzene rings is 4. The van der Waals surface area contributed by atoms with Crippen LogP contribution in [0.3, 0.4) is 0 Å². The van der Waals surface area contributed by atoms with Crippen molar-refractivity contribution in [2.24, 2.45) is 4.99 Å². The van der Waals surface area contributed by atoms with Gasteiger partial charge >= 0.3 is 0 Å². The second-order valence-corrected chi connectivity index (χ2v) is 8.56. The van der Waals surface area contributed by atoms with Gasteiger partial charge < -0.3 is 9.67 Å². The van der Waals surface area contributed by atoms with Gasteiger partial charge in [0, 0.05) is 22.5 Å². The van der Waals surface area contributed by atoms with Crippen LogP contribution in [0.1, 0.15) is 11.1 Å². The van der Waals surface area contributed by atoms with E-state index in [2.05, 4.69) is 71.1 Å². The van der Waals surface area contributed by atoms with Crippen LogP contribution in [0.2, 0.25) is 5.02 Å². The number of aliphatic imine (C=N–C) groups is 1. The molecule has 0 aliphatic heterocycles. The highest BCUT2D eigenvalue weighted by molar-refractivity contribution is 6.30. The molecule has 3 nitrogen and oxygen atoms in total. The molecule has 166 valence electrons. The third-order valence-corrected chi connectivity index (χ3v) is 5.95. The van der Waals surface area contributed by atoms with Crippen molar-refractivity contribution in [3.8, 4) is 34.0 Å². The van der Waals surface area contributed by atoms with E-state index in [4.69, 9.17) is 11.6 Å². The highest BCUT2D eigenvalue weighted by Gasteiger charge is 2.18. The first-order valence-corrected chi connectivity index (χ1v) is 11.4. The zero-order valence-corrected chi connectivity index (χ0v) is 19.4. The van der Waals surface area contributed by atoms with E-state index in [1.807, 2.05) is 36.4 Å². The maximum absolute atomic E-state index is 10.3. The molecular formula is C30H23ClN2O. The van der Waals surface area contributed by atoms with Crippen LogP contribution < -0.4 is 0 Å². The maximum atomic E-state index is 10.3. The number of rotatable bonds is 5. The number of phenols is 1. The lowest BCUT2D eigenvalue weighted by atomic mass is 10.1. The van der Waals surface area contributed by atoms with Gasteiger partial charge in [-0.05, 0) is 54.4 Å². The molecule has 0 saturated carbocycles. The van der Waals surface area contributed by atoms with Crippen molar-refractivity contribution < 1.29 is 5.11 Å². The summed E-state index contributed by atoms with van der Waals surface area (Å²) in [4.78, 5) is 4.61. The molecule has 0 aliphatic carbocycles. The standard InChI is InChI=1S/C30H23ClN2O/c1-21-12-15-26(16-13-21)33-28(22-8-4-2-5-9-22)18-24(30(33)23-10-6-3-7-11-23)20-32-27-19-25(31)14-17-29(27)34/h2-20,34H,1H3. The topological polar surface area (TPSA) is 37.5 Å². The van der Waals surface area contributed by atoms with Crippen molar-refractivity contribution in [1.82, 2.24) is 4.57 Å². The third kappa shape index (κ3) is 4.39. The number of nitrogens with zero attached hydrogens (tertiary/aromatic N) is 2. The Balaban J connectivity index is 1.78. The minimum absolute atomic E-state index is 0.0863. The highest BCUT2D eigenvalue weighted by atomic mass is 35.5. The van der Waals surface area contributed by atoms with Crippen molar-refractivity contribution in [1.29, 1.82) is 0 Å². The predicted octanol–water partition coefficient (Wildman–Crippen LogP) is 8.23. The number of aromatic hydroxyl groups is 1. The summed E-state index contributed by atoms with van der Waals surface area (Å²) < 4.78 is 2.27. The summed E-state index contributed by atoms with van der Waals surface area (Å²) in [5, 5.41) is 10.8. The summed E-state index contributed by atoms with van der Waals surface area (Å²) >= 11 is 6.14. The van der Waals surface area contributed by atoms with E-state index in [1.54, 1.807) is 24.4 Å². The van der Waals surface area contributed by atoms with Gasteiger partial charge in [-0.15, -0.1) is 0 Å². The molecule has 0 radical (unpaired) electrons. The molecule has 5 aromatic rings. The molecule has 4 heteroatoms. The lowest BCUT2D eigenvalue weighted by molar-refractivity contribution is 0.477. The molecule has 0 saturated heterocycles. The summed E-state index contributed by atoms with van der Waals surface area (Å²) in [5.41, 5.74) is 7.88. The fourth-order valence-corrected chi connectivity index (χ4v) is 4.21. The average molecular weight is 463 g/mol. The number of halogens is 1. The zero-order chi connectivity index (χ0) is 23.5. The van der Waals surface area contributed by atoms with Crippen LogP contribution in [0.25, 0.3) is 28.2 Å². The van der Waals surface area contributed by atoms with Crippen molar-refractivity contribution in [2.75, 3.05) is 0 Å². The van der Waals surface area contributed by atoms with Gasteiger partial charge in [0.1, 0.15) is 11.4 Å². The van der Waals surface area contributed by atoms with Gasteiger partial charge in [0.25, 0.3) is 0 Å². The molecule has 1 aromatic heterocycles. The second kappa shape index (κ2) is 9.42. The smallest absolute Gasteiger partial charge is 0.141 e. The van der Waals surface area contributed by atoms with Crippen LogP contribution >= 0.6 is 11.6 Å². The molecule has 0 aliphatic rings. The van der Waals surface area contributed by atoms with Crippen LogP contribution in [-0.4, -0.2) is 15.9 Å². The van der Waals surface area contributed by atoms with Crippen molar-refractivity contribution >= 4 is 23.5 Å². The van der Waals surface area contributed by atoms with E-state index >= 15 is 0 Å². The fraction of sp³-hybridized carbons (Fsp3) is 0.0333. The van der Waals surface area contributed by atoms with Crippen molar-refractivity contribution in [3.05, 3.63) is 125 Å². The SMILES string of the molecule is Cc1ccc(-n2c(-c3ccccc3)cc(C=Nc3cc(Cl)ccc3O)c2-c2ccccc2)cc1. The van der Waals surface area contributed by atoms with Crippen LogP contribution in [0.5, 0.6) is 5.75 Å². The van der Waals surface area contributed by atoms with Gasteiger partial charge in [0.05, 0.1) is 11.4 Å². The Hall–Kier alpha value is -4.08. The summed E-state index contributed by atoms with van der Waals surface area (Å²) in [6, 6.07) is 36.1. The monoisotopic (exact) mass is 462 g/mol. The molecule has 34 heavy (non-hydrogen) atoms. The van der Waals surface area contributed by atoms with Crippen LogP contribution in [0.4, 0.5) is 5.69 Å². The lowest BCUT2D eigenvalue weighted by Gasteiger charge is -2.15. The van der Waals surface area contributed by atoms with Crippen molar-refractivity contribution in [3.63, 3.8) is 0 Å². The van der Waals surface area contributed by atoms with Gasteiger partial charge in [0.15, 0.2) is 0 Å². The molecule has 0 amide bonds. The fourth-order valence-electron chi connectivity index (χ4n) is 4.04. The molecule has 4 aromatic carbocycles. The Morgan fingerprint density at radius 1 is 0.765 bits per heavy atom. The van der Waals surface area contributed by atoms with Gasteiger partial charge in [-0.2, -0.15) is 0 Å². The quantitative estimate of drug-likeness (QED) is 0.262. The van der Waals surface area contributed by atoms with Gasteiger partial charge in [0.2, 0.25) is 0 Å². The third-order valence-electron chi connectivity index (χ3n) is 5.72. The van der Waals surface area contributed by atoms with E-state index < -0.39 is 0 Å². The molecule has 0 spiro atoms. The molecule has 1 heterocycles. The van der Waals surface area contributed by atoms with Crippen LogP contribution in [-0.2, 0) is 0 Å². The lowest BCUT2D eigenvalue weighted by Crippen LogP contribution is -2.00. The second-order valence-electron chi connectivity index (χ2n) is 8.13. The van der Waals surface area contributed by atoms with E-state index in [0.717, 1.165) is 33.8 Å². The molecule has 0 fully saturated rings. The maximum Gasteiger partial charge on any atom is 0.141 e. The Kier molecular flexibility index (Phi) is 6.03. The van der Waals surface area contributed by atoms with Crippen LogP contribution in [0, 0.1) is 6.92 Å². The van der Waals surface area contributed by atoms with E-state index in [0.29, 0.717) is 10.7 Å². The van der Waals surface area contributed by atoms with E-state index in [-0.39, 0.29) is 5.75 Å². The van der Waals surface area contributed by atoms with Crippen molar-refractivity contribution in [2.45, 2.75) is 6.92 Å². The number of phenolic OH excluding ortho intramolecular Hbond substituents is 1. The molecular weight excluding hydrogens is 440 g/mol. The van der Waals surface area contributed by atoms with Gasteiger partial charge in [-0.3, -0.25) is 4.99 Å². The normalized spacial score (nSPS) is 11.2. The first-order valence-electron chi connectivity index (χ1n) is 11.1. The summed E-state index contributed by atoms with van der Waals surface area (Å²) in [7, 11) is 0. The zero-order valence-electron chi connectivity index (χ0n) is 18.7. The molecule has 0 atom stereocenters. The Morgan fingerprint density at radius 2 is 1.41 bits per heavy atom. The highest BCUT2D eigenvalue weighted by Crippen LogP contribution is 2.36. The van der Waals surface area contributed by atoms with E-state index in [1.165, 1.54) is 5.56 Å². The molecule has 0 bridgehead atoms. The Morgan fingerprint density at radius 3 is 2.09 bits per heavy atom. The van der Waals surface area contributed by atoms with Gasteiger partial charge in [-0.25, -0.2) is 0 Å². The Labute approximate surface area is 204 Å². The number of aromatic nitrogens is 1. The number of hydrogen-bond donors (Lipinski definition) is 1. The molecule has 0 unspecified atom stereocenters. The predicted molar refractivity (Wildman–Crippen MR) is 142 cm³/mol. The van der Waals surface area contributed by atoms with Crippen LogP contribution in [0.15, 0.2) is 114 Å². The minimum Gasteiger partial charge on any atom is -0.506 e. The van der Waals surface area contributed by atoms with Gasteiger partial charge in [-0.1, -0.05) is 90.0 Å².